The van der Waals surface area contributed by atoms with Crippen LogP contribution >= 0.6 is 0 Å². The number of aromatic nitrogens is 4. The molecule has 0 aliphatic carbocycles. The second kappa shape index (κ2) is 17.8. The average Bonchev–Trinajstić information content (AvgIpc) is 3.67. The number of nitrogens with two attached hydrogens (primary N) is 1. The van der Waals surface area contributed by atoms with E-state index in [1.807, 2.05) is 78.9 Å². The number of benzene rings is 3. The minimum Gasteiger partial charge on any atom is -0.457 e. The molecule has 4 aliphatic rings. The van der Waals surface area contributed by atoms with Crippen LogP contribution < -0.4 is 26.0 Å². The van der Waals surface area contributed by atoms with Crippen LogP contribution in [0, 0.1) is 11.8 Å². The van der Waals surface area contributed by atoms with Gasteiger partial charge in [-0.3, -0.25) is 19.7 Å². The van der Waals surface area contributed by atoms with Gasteiger partial charge in [0.25, 0.3) is 5.91 Å². The Bertz CT molecular complexity index is 2280. The van der Waals surface area contributed by atoms with Gasteiger partial charge in [-0.05, 0) is 137 Å². The minimum absolute atomic E-state index is 0.207. The number of piperidine rings is 4. The second-order valence-corrected chi connectivity index (χ2v) is 16.9. The molecule has 9 rings (SSSR count). The summed E-state index contributed by atoms with van der Waals surface area (Å²) < 4.78 is 8.14. The Labute approximate surface area is 350 Å². The van der Waals surface area contributed by atoms with E-state index in [0.29, 0.717) is 29.6 Å². The van der Waals surface area contributed by atoms with E-state index in [9.17, 15) is 14.4 Å². The first-order valence-corrected chi connectivity index (χ1v) is 21.6. The van der Waals surface area contributed by atoms with Crippen molar-refractivity contribution in [2.75, 3.05) is 63.0 Å². The lowest BCUT2D eigenvalue weighted by atomic mass is 9.91. The number of nitrogens with zero attached hydrogens (tertiary/aromatic N) is 7. The first kappa shape index (κ1) is 39.6. The molecule has 2 aromatic heterocycles. The van der Waals surface area contributed by atoms with Gasteiger partial charge in [-0.2, -0.15) is 5.10 Å². The molecule has 312 valence electrons. The molecule has 60 heavy (non-hydrogen) atoms. The van der Waals surface area contributed by atoms with Crippen LogP contribution in [-0.2, 0) is 9.59 Å². The molecule has 3 amide bonds. The number of imide groups is 1. The van der Waals surface area contributed by atoms with E-state index >= 15 is 0 Å². The Kier molecular flexibility index (Phi) is 11.7. The molecule has 2 atom stereocenters. The normalized spacial score (nSPS) is 21.2. The Morgan fingerprint density at radius 3 is 2.22 bits per heavy atom. The standard InChI is InChI=1S/C46H54N10O4/c47-43-41-42(33-10-14-38(15-11-33)60-37-6-2-1-3-7-37)52-56(44(41)49-30-48-43)36-5-4-22-54(29-36)28-31-18-23-53(24-19-31)27-32-20-25-55(26-21-32)35-12-8-34(9-13-35)45(58)50-39-16-17-40(57)51-46(39)59/h1-3,6-15,30-32,36,39H,4-5,16-29H2,(H,50,58)(H2,47,48,49)(H,51,57,59). The number of nitrogens with one attached hydrogen (secondary N) is 2. The van der Waals surface area contributed by atoms with Crippen LogP contribution in [0.3, 0.4) is 0 Å². The van der Waals surface area contributed by atoms with Gasteiger partial charge < -0.3 is 30.5 Å². The number of carbonyl (C=O) groups is 3. The van der Waals surface area contributed by atoms with Crippen LogP contribution in [0.4, 0.5) is 11.5 Å². The van der Waals surface area contributed by atoms with Gasteiger partial charge in [0, 0.05) is 56.0 Å². The molecule has 5 aromatic rings. The van der Waals surface area contributed by atoms with Gasteiger partial charge in [-0.1, -0.05) is 18.2 Å². The molecule has 4 aliphatic heterocycles. The van der Waals surface area contributed by atoms with Crippen molar-refractivity contribution in [3.8, 4) is 22.8 Å². The predicted octanol–water partition coefficient (Wildman–Crippen LogP) is 5.67. The third-order valence-corrected chi connectivity index (χ3v) is 12.8. The van der Waals surface area contributed by atoms with Gasteiger partial charge >= 0.3 is 0 Å². The van der Waals surface area contributed by atoms with Crippen molar-refractivity contribution in [2.24, 2.45) is 11.8 Å². The van der Waals surface area contributed by atoms with Crippen LogP contribution in [-0.4, -0.2) is 106 Å². The van der Waals surface area contributed by atoms with Crippen molar-refractivity contribution in [1.29, 1.82) is 0 Å². The van der Waals surface area contributed by atoms with Crippen LogP contribution in [0.25, 0.3) is 22.3 Å². The maximum atomic E-state index is 12.8. The van der Waals surface area contributed by atoms with E-state index in [2.05, 4.69) is 35.0 Å². The van der Waals surface area contributed by atoms with Crippen LogP contribution in [0.5, 0.6) is 11.5 Å². The topological polar surface area (TPSA) is 164 Å². The van der Waals surface area contributed by atoms with Gasteiger partial charge in [0.15, 0.2) is 5.65 Å². The maximum absolute atomic E-state index is 12.8. The number of carbonyl (C=O) groups excluding carboxylic acids is 3. The SMILES string of the molecule is Nc1ncnc2c1c(-c1ccc(Oc3ccccc3)cc1)nn2C1CCCN(CC2CCN(CC3CCN(c4ccc(C(=O)NC5CCC(=O)NC5=O)cc4)CC3)CC2)C1. The molecular formula is C46H54N10O4. The number of rotatable bonds is 11. The summed E-state index contributed by atoms with van der Waals surface area (Å²) in [5.74, 6) is 2.33. The summed E-state index contributed by atoms with van der Waals surface area (Å²) in [4.78, 5) is 53.1. The van der Waals surface area contributed by atoms with Gasteiger partial charge in [-0.25, -0.2) is 14.6 Å². The number of fused-ring (bicyclic) bond motifs is 1. The zero-order valence-corrected chi connectivity index (χ0v) is 34.0. The lowest BCUT2D eigenvalue weighted by Gasteiger charge is -2.40. The van der Waals surface area contributed by atoms with E-state index in [1.54, 1.807) is 6.33 Å². The summed E-state index contributed by atoms with van der Waals surface area (Å²) in [5, 5.41) is 11.0. The molecular weight excluding hydrogens is 757 g/mol. The maximum Gasteiger partial charge on any atom is 0.251 e. The molecule has 2 unspecified atom stereocenters. The largest absolute Gasteiger partial charge is 0.457 e. The molecule has 0 saturated carbocycles. The number of para-hydroxylation sites is 1. The smallest absolute Gasteiger partial charge is 0.251 e. The van der Waals surface area contributed by atoms with Crippen molar-refractivity contribution in [3.05, 3.63) is 90.8 Å². The Balaban J connectivity index is 0.739. The Morgan fingerprint density at radius 1 is 0.783 bits per heavy atom. The fraction of sp³-hybridized carbons (Fsp3) is 0.435. The third kappa shape index (κ3) is 8.99. The zero-order valence-electron chi connectivity index (χ0n) is 34.0. The number of anilines is 2. The quantitative estimate of drug-likeness (QED) is 0.141. The lowest BCUT2D eigenvalue weighted by molar-refractivity contribution is -0.134. The molecule has 14 nitrogen and oxygen atoms in total. The summed E-state index contributed by atoms with van der Waals surface area (Å²) in [6.45, 7) is 8.65. The molecule has 14 heteroatoms. The summed E-state index contributed by atoms with van der Waals surface area (Å²) in [6.07, 6.45) is 9.04. The number of hydrogen-bond acceptors (Lipinski definition) is 11. The Morgan fingerprint density at radius 2 is 1.48 bits per heavy atom. The fourth-order valence-electron chi connectivity index (χ4n) is 9.51. The first-order chi connectivity index (χ1) is 29.3. The van der Waals surface area contributed by atoms with E-state index in [-0.39, 0.29) is 24.3 Å². The fourth-order valence-corrected chi connectivity index (χ4v) is 9.51. The average molecular weight is 811 g/mol. The molecule has 4 N–H and O–H groups in total. The number of likely N-dealkylation sites (tertiary alicyclic amines) is 2. The Hall–Kier alpha value is -5.86. The second-order valence-electron chi connectivity index (χ2n) is 16.9. The van der Waals surface area contributed by atoms with Crippen LogP contribution in [0.15, 0.2) is 85.2 Å². The highest BCUT2D eigenvalue weighted by molar-refractivity contribution is 6.04. The highest BCUT2D eigenvalue weighted by atomic mass is 16.5. The van der Waals surface area contributed by atoms with Crippen molar-refractivity contribution in [1.82, 2.24) is 40.2 Å². The molecule has 4 saturated heterocycles. The highest BCUT2D eigenvalue weighted by Crippen LogP contribution is 2.35. The summed E-state index contributed by atoms with van der Waals surface area (Å²) in [6, 6.07) is 24.9. The van der Waals surface area contributed by atoms with E-state index in [1.165, 1.54) is 12.8 Å². The van der Waals surface area contributed by atoms with Crippen molar-refractivity contribution >= 4 is 40.3 Å². The number of nitrogen functional groups attached to an aromatic ring is 1. The van der Waals surface area contributed by atoms with Crippen molar-refractivity contribution in [2.45, 2.75) is 63.5 Å². The van der Waals surface area contributed by atoms with E-state index in [4.69, 9.17) is 20.6 Å². The summed E-state index contributed by atoms with van der Waals surface area (Å²) in [5.41, 5.74) is 10.7. The van der Waals surface area contributed by atoms with Crippen LogP contribution in [0.2, 0.25) is 0 Å². The molecule has 6 heterocycles. The van der Waals surface area contributed by atoms with Crippen molar-refractivity contribution in [3.63, 3.8) is 0 Å². The zero-order chi connectivity index (χ0) is 41.0. The van der Waals surface area contributed by atoms with Crippen molar-refractivity contribution < 1.29 is 19.1 Å². The van der Waals surface area contributed by atoms with Crippen LogP contribution in [0.1, 0.15) is 67.8 Å². The third-order valence-electron chi connectivity index (χ3n) is 12.8. The first-order valence-electron chi connectivity index (χ1n) is 21.6. The van der Waals surface area contributed by atoms with E-state index < -0.39 is 11.9 Å². The lowest BCUT2D eigenvalue weighted by Crippen LogP contribution is -2.52. The van der Waals surface area contributed by atoms with E-state index in [0.717, 1.165) is 118 Å². The minimum atomic E-state index is -0.679. The predicted molar refractivity (Wildman–Crippen MR) is 231 cm³/mol. The molecule has 0 bridgehead atoms. The highest BCUT2D eigenvalue weighted by Gasteiger charge is 2.31. The van der Waals surface area contributed by atoms with Gasteiger partial charge in [0.05, 0.1) is 11.4 Å². The van der Waals surface area contributed by atoms with Gasteiger partial charge in [-0.15, -0.1) is 0 Å². The number of amides is 3. The van der Waals surface area contributed by atoms with Gasteiger partial charge in [0.2, 0.25) is 11.8 Å². The van der Waals surface area contributed by atoms with Gasteiger partial charge in [0.1, 0.15) is 35.4 Å². The summed E-state index contributed by atoms with van der Waals surface area (Å²) >= 11 is 0. The molecule has 3 aromatic carbocycles. The summed E-state index contributed by atoms with van der Waals surface area (Å²) in [7, 11) is 0. The molecule has 0 radical (unpaired) electrons. The molecule has 0 spiro atoms. The molecule has 4 fully saturated rings. The number of ether oxygens (including phenoxy) is 1. The monoisotopic (exact) mass is 810 g/mol. The number of hydrogen-bond donors (Lipinski definition) is 3.